The van der Waals surface area contributed by atoms with Gasteiger partial charge in [0.1, 0.15) is 12.7 Å². The van der Waals surface area contributed by atoms with E-state index in [1.807, 2.05) is 20.8 Å². The van der Waals surface area contributed by atoms with Crippen LogP contribution in [0.5, 0.6) is 5.88 Å². The number of alkyl halides is 3. The zero-order chi connectivity index (χ0) is 22.7. The molecule has 1 rings (SSSR count). The summed E-state index contributed by atoms with van der Waals surface area (Å²) >= 11 is -0.288. The highest BCUT2D eigenvalue weighted by Crippen LogP contribution is 2.40. The van der Waals surface area contributed by atoms with Crippen molar-refractivity contribution in [3.63, 3.8) is 0 Å². The molecule has 164 valence electrons. The number of aliphatic hydroxyl groups is 1. The number of aliphatic hydroxyl groups excluding tert-OH is 1. The summed E-state index contributed by atoms with van der Waals surface area (Å²) in [7, 11) is 0. The molecule has 1 heterocycles. The lowest BCUT2D eigenvalue weighted by Crippen LogP contribution is -2.42. The highest BCUT2D eigenvalue weighted by Gasteiger charge is 2.31. The van der Waals surface area contributed by atoms with E-state index in [9.17, 15) is 27.9 Å². The Morgan fingerprint density at radius 2 is 1.79 bits per heavy atom. The molecule has 0 aliphatic rings. The maximum atomic E-state index is 12.4. The van der Waals surface area contributed by atoms with E-state index in [2.05, 4.69) is 10.3 Å². The number of aliphatic carboxylic acids is 2. The number of nitrogens with zero attached hydrogens (tertiary/aromatic N) is 1. The normalized spacial score (nSPS) is 12.8. The molecule has 0 aliphatic heterocycles. The number of carboxylic acids is 2. The van der Waals surface area contributed by atoms with Gasteiger partial charge in [0.15, 0.2) is 0 Å². The van der Waals surface area contributed by atoms with E-state index in [-0.39, 0.29) is 41.2 Å². The third-order valence-electron chi connectivity index (χ3n) is 2.61. The molecule has 0 unspecified atom stereocenters. The van der Waals surface area contributed by atoms with Gasteiger partial charge in [0.05, 0.1) is 4.90 Å². The first kappa shape index (κ1) is 26.7. The second-order valence-electron chi connectivity index (χ2n) is 6.46. The molecule has 0 saturated carbocycles. The third-order valence-corrected chi connectivity index (χ3v) is 3.37. The number of nitrogens with one attached hydrogen (secondary N) is 1. The molecule has 0 bridgehead atoms. The highest BCUT2D eigenvalue weighted by molar-refractivity contribution is 8.00. The zero-order valence-corrected chi connectivity index (χ0v) is 16.8. The minimum Gasteiger partial charge on any atom is -0.478 e. The van der Waals surface area contributed by atoms with Gasteiger partial charge in [-0.15, -0.1) is 0 Å². The van der Waals surface area contributed by atoms with Gasteiger partial charge in [-0.25, -0.2) is 14.6 Å². The number of ether oxygens (including phenoxy) is 1. The SMILES string of the molecule is CC(C)(C)NC[C@H](O)COc1ncccc1SC(F)(F)F.O=C(O)C=CC(=O)O. The Morgan fingerprint density at radius 1 is 1.24 bits per heavy atom. The molecule has 0 aromatic carbocycles. The van der Waals surface area contributed by atoms with Gasteiger partial charge >= 0.3 is 17.4 Å². The Hall–Kier alpha value is -2.31. The van der Waals surface area contributed by atoms with E-state index in [1.165, 1.54) is 18.3 Å². The largest absolute Gasteiger partial charge is 0.478 e. The van der Waals surface area contributed by atoms with E-state index >= 15 is 0 Å². The molecule has 1 aromatic rings. The van der Waals surface area contributed by atoms with Crippen LogP contribution < -0.4 is 10.1 Å². The predicted molar refractivity (Wildman–Crippen MR) is 99.8 cm³/mol. The first-order valence-corrected chi connectivity index (χ1v) is 8.92. The lowest BCUT2D eigenvalue weighted by molar-refractivity contribution is -0.134. The molecular weight excluding hydrogens is 417 g/mol. The molecule has 0 amide bonds. The number of thioether (sulfide) groups is 1. The number of carboxylic acid groups (broad SMARTS) is 2. The zero-order valence-electron chi connectivity index (χ0n) is 15.9. The molecule has 29 heavy (non-hydrogen) atoms. The van der Waals surface area contributed by atoms with Gasteiger partial charge in [0, 0.05) is 30.4 Å². The summed E-state index contributed by atoms with van der Waals surface area (Å²) in [5.41, 5.74) is -4.57. The molecule has 12 heteroatoms. The van der Waals surface area contributed by atoms with Crippen molar-refractivity contribution in [3.8, 4) is 5.88 Å². The molecule has 1 atom stereocenters. The summed E-state index contributed by atoms with van der Waals surface area (Å²) in [6.07, 6.45) is 1.62. The lowest BCUT2D eigenvalue weighted by Gasteiger charge is -2.23. The number of β-amino-alcohol motifs (C(OH)–C–C–N with tert-alkyl or cyclic N) is 1. The van der Waals surface area contributed by atoms with Crippen molar-refractivity contribution in [2.75, 3.05) is 13.2 Å². The summed E-state index contributed by atoms with van der Waals surface area (Å²) in [5, 5.41) is 28.5. The Kier molecular flexibility index (Phi) is 11.3. The minimum absolute atomic E-state index is 0.124. The molecule has 0 radical (unpaired) electrons. The van der Waals surface area contributed by atoms with Crippen molar-refractivity contribution in [1.29, 1.82) is 0 Å². The number of hydrogen-bond acceptors (Lipinski definition) is 7. The molecule has 1 aromatic heterocycles. The third kappa shape index (κ3) is 16.4. The van der Waals surface area contributed by atoms with Gasteiger partial charge < -0.3 is 25.4 Å². The van der Waals surface area contributed by atoms with Crippen molar-refractivity contribution in [3.05, 3.63) is 30.5 Å². The van der Waals surface area contributed by atoms with Crippen LogP contribution in [0.4, 0.5) is 13.2 Å². The van der Waals surface area contributed by atoms with Crippen LogP contribution in [0.25, 0.3) is 0 Å². The van der Waals surface area contributed by atoms with Crippen LogP contribution in [0, 0.1) is 0 Å². The van der Waals surface area contributed by atoms with Gasteiger partial charge in [0.2, 0.25) is 5.88 Å². The molecule has 8 nitrogen and oxygen atoms in total. The van der Waals surface area contributed by atoms with Crippen molar-refractivity contribution in [1.82, 2.24) is 10.3 Å². The van der Waals surface area contributed by atoms with Crippen molar-refractivity contribution < 1.29 is 42.8 Å². The van der Waals surface area contributed by atoms with E-state index in [1.54, 1.807) is 0 Å². The first-order chi connectivity index (χ1) is 13.2. The molecular formula is C17H23F3N2O6S. The quantitative estimate of drug-likeness (QED) is 0.356. The monoisotopic (exact) mass is 440 g/mol. The smallest absolute Gasteiger partial charge is 0.446 e. The maximum absolute atomic E-state index is 12.4. The average Bonchev–Trinajstić information content (AvgIpc) is 2.56. The van der Waals surface area contributed by atoms with E-state index in [4.69, 9.17) is 14.9 Å². The summed E-state index contributed by atoms with van der Waals surface area (Å²) in [6, 6.07) is 2.68. The van der Waals surface area contributed by atoms with Crippen molar-refractivity contribution >= 4 is 23.7 Å². The van der Waals surface area contributed by atoms with Crippen LogP contribution in [0.2, 0.25) is 0 Å². The lowest BCUT2D eigenvalue weighted by atomic mass is 10.1. The summed E-state index contributed by atoms with van der Waals surface area (Å²) < 4.78 is 42.4. The van der Waals surface area contributed by atoms with Crippen molar-refractivity contribution in [2.45, 2.75) is 42.8 Å². The Labute approximate surface area is 169 Å². The number of halogens is 3. The van der Waals surface area contributed by atoms with Gasteiger partial charge in [0.25, 0.3) is 0 Å². The van der Waals surface area contributed by atoms with Gasteiger partial charge in [-0.3, -0.25) is 0 Å². The van der Waals surface area contributed by atoms with E-state index < -0.39 is 23.6 Å². The van der Waals surface area contributed by atoms with Crippen LogP contribution in [0.3, 0.4) is 0 Å². The fourth-order valence-corrected chi connectivity index (χ4v) is 2.08. The molecule has 4 N–H and O–H groups in total. The van der Waals surface area contributed by atoms with Gasteiger partial charge in [-0.1, -0.05) is 0 Å². The summed E-state index contributed by atoms with van der Waals surface area (Å²) in [4.78, 5) is 22.8. The van der Waals surface area contributed by atoms with Crippen LogP contribution in [-0.4, -0.2) is 62.5 Å². The Bertz CT molecular complexity index is 676. The Balaban J connectivity index is 0.000000828. The van der Waals surface area contributed by atoms with Crippen LogP contribution in [0.1, 0.15) is 20.8 Å². The highest BCUT2D eigenvalue weighted by atomic mass is 32.2. The maximum Gasteiger partial charge on any atom is 0.446 e. The van der Waals surface area contributed by atoms with E-state index in [0.717, 1.165) is 0 Å². The Morgan fingerprint density at radius 3 is 2.24 bits per heavy atom. The van der Waals surface area contributed by atoms with Crippen LogP contribution in [-0.2, 0) is 9.59 Å². The van der Waals surface area contributed by atoms with Gasteiger partial charge in [-0.2, -0.15) is 13.2 Å². The fourth-order valence-electron chi connectivity index (χ4n) is 1.49. The van der Waals surface area contributed by atoms with Crippen LogP contribution >= 0.6 is 11.8 Å². The number of carbonyl (C=O) groups is 2. The standard InChI is InChI=1S/C13H19F3N2O2S.C4H4O4/c1-12(2,3)18-7-9(19)8-20-11-10(5-4-6-17-11)21-13(14,15)16;5-3(6)1-2-4(7)8/h4-6,9,18-19H,7-8H2,1-3H3;1-2H,(H,5,6)(H,7,8)/t9-;/m0./s1. The van der Waals surface area contributed by atoms with Crippen LogP contribution in [0.15, 0.2) is 35.4 Å². The second kappa shape index (κ2) is 12.3. The minimum atomic E-state index is -4.41. The van der Waals surface area contributed by atoms with Crippen molar-refractivity contribution in [2.24, 2.45) is 0 Å². The molecule has 0 aliphatic carbocycles. The summed E-state index contributed by atoms with van der Waals surface area (Å²) in [5.74, 6) is -2.64. The number of pyridine rings is 1. The fraction of sp³-hybridized carbons (Fsp3) is 0.471. The van der Waals surface area contributed by atoms with E-state index in [0.29, 0.717) is 12.2 Å². The topological polar surface area (TPSA) is 129 Å². The summed E-state index contributed by atoms with van der Waals surface area (Å²) in [6.45, 7) is 5.97. The average molecular weight is 440 g/mol. The molecule has 0 fully saturated rings. The molecule has 0 spiro atoms. The number of hydrogen-bond donors (Lipinski definition) is 4. The predicted octanol–water partition coefficient (Wildman–Crippen LogP) is 2.53. The number of rotatable bonds is 8. The second-order valence-corrected chi connectivity index (χ2v) is 7.57. The molecule has 0 saturated heterocycles. The van der Waals surface area contributed by atoms with Gasteiger partial charge in [-0.05, 0) is 44.7 Å². The first-order valence-electron chi connectivity index (χ1n) is 8.10. The number of aromatic nitrogens is 1.